The standard InChI is InChI=1S/C11H11N3O3S.C11H10O4S/c1-6-5-18(16,17)9-4-7(2-3-8(6)9)10(15)14-11(12)13;1-7-6-16(13,14)10-5-8(11(12)15-2)3-4-9(7)10/h2-4H,1,5H2,(H4,12,13,14,15);3-5H,1,6H2,2H3. The van der Waals surface area contributed by atoms with Gasteiger partial charge in [-0.3, -0.25) is 4.79 Å². The second kappa shape index (κ2) is 8.88. The zero-order chi connectivity index (χ0) is 25.4. The zero-order valence-corrected chi connectivity index (χ0v) is 19.7. The number of hydrogen-bond acceptors (Lipinski definition) is 7. The Balaban J connectivity index is 0.000000192. The summed E-state index contributed by atoms with van der Waals surface area (Å²) in [7, 11) is -5.48. The van der Waals surface area contributed by atoms with Crippen LogP contribution in [0.25, 0.3) is 11.1 Å². The third-order valence-electron chi connectivity index (χ3n) is 5.02. The number of ether oxygens (including phenoxy) is 1. The molecule has 10 nitrogen and oxygen atoms in total. The van der Waals surface area contributed by atoms with Crippen LogP contribution in [-0.2, 0) is 24.4 Å². The highest BCUT2D eigenvalue weighted by atomic mass is 32.2. The van der Waals surface area contributed by atoms with Gasteiger partial charge in [0.2, 0.25) is 0 Å². The average Bonchev–Trinajstić information content (AvgIpc) is 3.14. The number of guanidine groups is 1. The highest BCUT2D eigenvalue weighted by Crippen LogP contribution is 2.34. The van der Waals surface area contributed by atoms with Crippen LogP contribution in [0.3, 0.4) is 0 Å². The molecule has 4 rings (SSSR count). The quantitative estimate of drug-likeness (QED) is 0.346. The van der Waals surface area contributed by atoms with Gasteiger partial charge in [-0.05, 0) is 46.5 Å². The third-order valence-corrected chi connectivity index (χ3v) is 8.50. The molecule has 178 valence electrons. The lowest BCUT2D eigenvalue weighted by Gasteiger charge is -2.02. The minimum Gasteiger partial charge on any atom is -0.465 e. The first-order chi connectivity index (χ1) is 15.8. The molecule has 2 heterocycles. The van der Waals surface area contributed by atoms with Crippen molar-refractivity contribution in [1.82, 2.24) is 0 Å². The van der Waals surface area contributed by atoms with E-state index in [-0.39, 0.29) is 38.4 Å². The molecule has 0 saturated carbocycles. The van der Waals surface area contributed by atoms with Crippen molar-refractivity contribution in [3.05, 3.63) is 71.8 Å². The lowest BCUT2D eigenvalue weighted by molar-refractivity contribution is 0.0600. The van der Waals surface area contributed by atoms with Crippen molar-refractivity contribution in [3.63, 3.8) is 0 Å². The van der Waals surface area contributed by atoms with Crippen molar-refractivity contribution in [3.8, 4) is 0 Å². The van der Waals surface area contributed by atoms with Crippen molar-refractivity contribution in [2.75, 3.05) is 18.6 Å². The summed E-state index contributed by atoms with van der Waals surface area (Å²) in [4.78, 5) is 26.5. The van der Waals surface area contributed by atoms with Gasteiger partial charge in [0, 0.05) is 5.56 Å². The van der Waals surface area contributed by atoms with Gasteiger partial charge in [-0.15, -0.1) is 0 Å². The first-order valence-electron chi connectivity index (χ1n) is 9.59. The van der Waals surface area contributed by atoms with Crippen molar-refractivity contribution in [1.29, 1.82) is 0 Å². The topological polar surface area (TPSA) is 176 Å². The van der Waals surface area contributed by atoms with Crippen molar-refractivity contribution in [2.45, 2.75) is 9.79 Å². The number of sulfone groups is 2. The Morgan fingerprint density at radius 1 is 0.853 bits per heavy atom. The van der Waals surface area contributed by atoms with E-state index < -0.39 is 31.6 Å². The van der Waals surface area contributed by atoms with Gasteiger partial charge in [0.25, 0.3) is 5.91 Å². The maximum absolute atomic E-state index is 11.8. The highest BCUT2D eigenvalue weighted by molar-refractivity contribution is 7.92. The number of esters is 1. The molecule has 1 amide bonds. The monoisotopic (exact) mass is 503 g/mol. The van der Waals surface area contributed by atoms with Gasteiger partial charge in [-0.2, -0.15) is 4.99 Å². The maximum atomic E-state index is 11.8. The molecule has 0 bridgehead atoms. The summed E-state index contributed by atoms with van der Waals surface area (Å²) in [6.45, 7) is 7.37. The summed E-state index contributed by atoms with van der Waals surface area (Å²) >= 11 is 0. The lowest BCUT2D eigenvalue weighted by atomic mass is 10.1. The van der Waals surface area contributed by atoms with Crippen molar-refractivity contribution >= 4 is 48.7 Å². The predicted octanol–water partition coefficient (Wildman–Crippen LogP) is 1.17. The van der Waals surface area contributed by atoms with Crippen LogP contribution in [0, 0.1) is 0 Å². The second-order valence-electron chi connectivity index (χ2n) is 7.48. The van der Waals surface area contributed by atoms with Crippen LogP contribution >= 0.6 is 0 Å². The normalized spacial score (nSPS) is 16.5. The summed E-state index contributed by atoms with van der Waals surface area (Å²) < 4.78 is 51.6. The molecule has 0 aromatic heterocycles. The van der Waals surface area contributed by atoms with Crippen LogP contribution in [0.15, 0.2) is 64.3 Å². The van der Waals surface area contributed by atoms with E-state index in [1.54, 1.807) is 6.07 Å². The first-order valence-corrected chi connectivity index (χ1v) is 12.9. The molecule has 4 N–H and O–H groups in total. The van der Waals surface area contributed by atoms with E-state index in [0.29, 0.717) is 22.3 Å². The summed E-state index contributed by atoms with van der Waals surface area (Å²) in [6, 6.07) is 8.76. The minimum absolute atomic E-state index is 0.0764. The van der Waals surface area contributed by atoms with Gasteiger partial charge in [0.05, 0.1) is 34.0 Å². The number of carbonyl (C=O) groups excluding carboxylic acids is 2. The van der Waals surface area contributed by atoms with Gasteiger partial charge in [-0.25, -0.2) is 21.6 Å². The smallest absolute Gasteiger partial charge is 0.337 e. The number of hydrogen-bond donors (Lipinski definition) is 2. The molecule has 34 heavy (non-hydrogen) atoms. The molecule has 2 aromatic carbocycles. The Morgan fingerprint density at radius 3 is 1.74 bits per heavy atom. The molecule has 0 aliphatic carbocycles. The molecular weight excluding hydrogens is 482 g/mol. The fourth-order valence-electron chi connectivity index (χ4n) is 3.47. The van der Waals surface area contributed by atoms with E-state index in [2.05, 4.69) is 22.9 Å². The first kappa shape index (κ1) is 24.9. The van der Waals surface area contributed by atoms with E-state index in [1.165, 1.54) is 37.4 Å². The number of rotatable bonds is 2. The number of fused-ring (bicyclic) bond motifs is 2. The number of amides is 1. The van der Waals surface area contributed by atoms with Crippen LogP contribution in [0.4, 0.5) is 0 Å². The molecule has 0 atom stereocenters. The summed E-state index contributed by atoms with van der Waals surface area (Å²) in [5.74, 6) is -1.79. The number of carbonyl (C=O) groups is 2. The number of nitrogens with zero attached hydrogens (tertiary/aromatic N) is 1. The summed E-state index contributed by atoms with van der Waals surface area (Å²) in [6.07, 6.45) is 0. The molecule has 12 heteroatoms. The van der Waals surface area contributed by atoms with E-state index in [9.17, 15) is 26.4 Å². The largest absolute Gasteiger partial charge is 0.465 e. The number of aliphatic imine (C=N–C) groups is 1. The predicted molar refractivity (Wildman–Crippen MR) is 127 cm³/mol. The molecule has 0 fully saturated rings. The number of methoxy groups -OCH3 is 1. The van der Waals surface area contributed by atoms with Gasteiger partial charge >= 0.3 is 5.97 Å². The lowest BCUT2D eigenvalue weighted by Crippen LogP contribution is -2.24. The summed E-state index contributed by atoms with van der Waals surface area (Å²) in [5.41, 5.74) is 12.8. The Labute approximate surface area is 196 Å². The molecule has 2 aliphatic rings. The van der Waals surface area contributed by atoms with E-state index in [4.69, 9.17) is 11.5 Å². The molecule has 2 aliphatic heterocycles. The SMILES string of the molecule is C=C1CS(=O)(=O)c2cc(C(=O)N=C(N)N)ccc21.C=C1CS(=O)(=O)c2cc(C(=O)OC)ccc21. The number of benzene rings is 2. The van der Waals surface area contributed by atoms with Crippen LogP contribution in [0.1, 0.15) is 31.8 Å². The fourth-order valence-corrected chi connectivity index (χ4v) is 6.72. The zero-order valence-electron chi connectivity index (χ0n) is 18.1. The van der Waals surface area contributed by atoms with Crippen LogP contribution in [-0.4, -0.2) is 53.3 Å². The van der Waals surface area contributed by atoms with Gasteiger partial charge in [0.1, 0.15) is 0 Å². The summed E-state index contributed by atoms with van der Waals surface area (Å²) in [5, 5.41) is 0. The van der Waals surface area contributed by atoms with Crippen LogP contribution in [0.2, 0.25) is 0 Å². The Hall–Kier alpha value is -3.77. The van der Waals surface area contributed by atoms with E-state index in [1.807, 2.05) is 0 Å². The van der Waals surface area contributed by atoms with Crippen molar-refractivity contribution < 1.29 is 31.2 Å². The molecule has 0 spiro atoms. The van der Waals surface area contributed by atoms with Gasteiger partial charge in [0.15, 0.2) is 25.6 Å². The highest BCUT2D eigenvalue weighted by Gasteiger charge is 2.31. The minimum atomic E-state index is -3.40. The fraction of sp³-hybridized carbons (Fsp3) is 0.136. The van der Waals surface area contributed by atoms with Gasteiger partial charge < -0.3 is 16.2 Å². The third kappa shape index (κ3) is 4.77. The number of nitrogens with two attached hydrogens (primary N) is 2. The second-order valence-corrected chi connectivity index (χ2v) is 11.4. The Bertz CT molecular complexity index is 1500. The average molecular weight is 504 g/mol. The maximum Gasteiger partial charge on any atom is 0.337 e. The van der Waals surface area contributed by atoms with Crippen molar-refractivity contribution in [2.24, 2.45) is 16.5 Å². The molecule has 0 saturated heterocycles. The molecule has 0 unspecified atom stereocenters. The Morgan fingerprint density at radius 2 is 1.29 bits per heavy atom. The van der Waals surface area contributed by atoms with Crippen LogP contribution < -0.4 is 11.5 Å². The van der Waals surface area contributed by atoms with Gasteiger partial charge in [-0.1, -0.05) is 25.3 Å². The molecule has 2 aromatic rings. The van der Waals surface area contributed by atoms with E-state index in [0.717, 1.165) is 0 Å². The molecular formula is C22H21N3O7S2. The Kier molecular flexibility index (Phi) is 6.49. The van der Waals surface area contributed by atoms with Crippen LogP contribution in [0.5, 0.6) is 0 Å². The van der Waals surface area contributed by atoms with E-state index >= 15 is 0 Å². The molecule has 0 radical (unpaired) electrons.